The molecule has 0 radical (unpaired) electrons. The second kappa shape index (κ2) is 11.0. The SMILES string of the molecule is Cc1cc(=O)n(CC(=O)c2ccns2)c(C(=O)O)c1-c1cc(SCc2ccc(Cl)s2)n(C(=O)C(C)(C)C)n1. The Hall–Kier alpha value is -3.06. The van der Waals surface area contributed by atoms with Gasteiger partial charge in [0.1, 0.15) is 10.7 Å². The third kappa shape index (κ3) is 5.83. The van der Waals surface area contributed by atoms with Crippen LogP contribution in [-0.4, -0.2) is 41.5 Å². The normalized spacial score (nSPS) is 11.6. The number of Topliss-reactive ketones (excluding diaryl/α,β-unsaturated/α-hetero) is 1. The van der Waals surface area contributed by atoms with Gasteiger partial charge >= 0.3 is 5.97 Å². The summed E-state index contributed by atoms with van der Waals surface area (Å²) in [5.41, 5.74) is -1.03. The van der Waals surface area contributed by atoms with Crippen LogP contribution in [0, 0.1) is 12.3 Å². The molecular weight excluding hydrogens is 568 g/mol. The highest BCUT2D eigenvalue weighted by Crippen LogP contribution is 2.34. The van der Waals surface area contributed by atoms with E-state index in [1.54, 1.807) is 39.8 Å². The van der Waals surface area contributed by atoms with Gasteiger partial charge in [-0.25, -0.2) is 9.17 Å². The number of aromatic nitrogens is 4. The Balaban J connectivity index is 1.85. The van der Waals surface area contributed by atoms with E-state index in [2.05, 4.69) is 9.47 Å². The lowest BCUT2D eigenvalue weighted by Crippen LogP contribution is -2.30. The summed E-state index contributed by atoms with van der Waals surface area (Å²) in [4.78, 5) is 52.7. The molecule has 0 saturated carbocycles. The number of ketones is 1. The average Bonchev–Trinajstić information content (AvgIpc) is 3.59. The van der Waals surface area contributed by atoms with Crippen molar-refractivity contribution in [3.8, 4) is 11.3 Å². The predicted octanol–water partition coefficient (Wildman–Crippen LogP) is 5.75. The van der Waals surface area contributed by atoms with Crippen molar-refractivity contribution in [2.45, 2.75) is 45.0 Å². The first-order chi connectivity index (χ1) is 17.9. The van der Waals surface area contributed by atoms with Crippen LogP contribution in [0.5, 0.6) is 0 Å². The van der Waals surface area contributed by atoms with Gasteiger partial charge in [-0.2, -0.15) is 9.78 Å². The molecule has 9 nitrogen and oxygen atoms in total. The van der Waals surface area contributed by atoms with Crippen LogP contribution in [-0.2, 0) is 12.3 Å². The molecule has 0 atom stereocenters. The first kappa shape index (κ1) is 28.0. The number of halogens is 1. The molecule has 1 N–H and O–H groups in total. The van der Waals surface area contributed by atoms with E-state index in [1.807, 2.05) is 6.07 Å². The number of hydrogen-bond acceptors (Lipinski definition) is 9. The molecule has 0 amide bonds. The number of thiophene rings is 1. The second-order valence-corrected chi connectivity index (χ2v) is 13.0. The third-order valence-corrected chi connectivity index (χ3v) is 8.73. The van der Waals surface area contributed by atoms with Crippen molar-refractivity contribution >= 4 is 63.9 Å². The van der Waals surface area contributed by atoms with Crippen molar-refractivity contribution in [3.05, 3.63) is 72.2 Å². The number of thioether (sulfide) groups is 1. The lowest BCUT2D eigenvalue weighted by Gasteiger charge is -2.17. The van der Waals surface area contributed by atoms with Gasteiger partial charge in [0.25, 0.3) is 11.5 Å². The Morgan fingerprint density at radius 2 is 1.89 bits per heavy atom. The number of hydrogen-bond donors (Lipinski definition) is 1. The number of aryl methyl sites for hydroxylation is 1. The summed E-state index contributed by atoms with van der Waals surface area (Å²) in [6, 6.07) is 8.11. The molecule has 0 aliphatic carbocycles. The minimum absolute atomic E-state index is 0.163. The average molecular weight is 591 g/mol. The zero-order valence-electron chi connectivity index (χ0n) is 20.9. The first-order valence-corrected chi connectivity index (χ1v) is 14.3. The van der Waals surface area contributed by atoms with E-state index in [9.17, 15) is 24.3 Å². The van der Waals surface area contributed by atoms with Crippen LogP contribution in [0.15, 0.2) is 46.3 Å². The minimum Gasteiger partial charge on any atom is -0.477 e. The van der Waals surface area contributed by atoms with Gasteiger partial charge in [0.15, 0.2) is 5.78 Å². The highest BCUT2D eigenvalue weighted by atomic mass is 35.5. The molecule has 0 fully saturated rings. The summed E-state index contributed by atoms with van der Waals surface area (Å²) in [6.07, 6.45) is 1.46. The van der Waals surface area contributed by atoms with Crippen LogP contribution >= 0.6 is 46.2 Å². The number of rotatable bonds is 8. The molecule has 198 valence electrons. The molecule has 13 heteroatoms. The van der Waals surface area contributed by atoms with Crippen LogP contribution in [0.4, 0.5) is 0 Å². The topological polar surface area (TPSA) is 124 Å². The zero-order chi connectivity index (χ0) is 27.8. The van der Waals surface area contributed by atoms with Crippen LogP contribution in [0.25, 0.3) is 11.3 Å². The second-order valence-electron chi connectivity index (χ2n) is 9.41. The molecular formula is C25H23ClN4O5S3. The van der Waals surface area contributed by atoms with Crippen molar-refractivity contribution < 1.29 is 19.5 Å². The van der Waals surface area contributed by atoms with Gasteiger partial charge < -0.3 is 5.11 Å². The fraction of sp³-hybridized carbons (Fsp3) is 0.280. The molecule has 0 unspecified atom stereocenters. The van der Waals surface area contributed by atoms with Gasteiger partial charge in [-0.1, -0.05) is 32.4 Å². The lowest BCUT2D eigenvalue weighted by atomic mass is 9.96. The van der Waals surface area contributed by atoms with Gasteiger partial charge in [0.2, 0.25) is 0 Å². The van der Waals surface area contributed by atoms with Crippen LogP contribution < -0.4 is 5.56 Å². The van der Waals surface area contributed by atoms with Crippen molar-refractivity contribution in [1.82, 2.24) is 18.7 Å². The standard InChI is InChI=1S/C25H23ClN4O5S3/c1-13-9-19(32)29(11-16(31)17-7-8-27-38-17)22(23(33)34)21(13)15-10-20(30(28-15)24(35)25(2,3)4)36-12-14-5-6-18(26)37-14/h5-10H,11-12H2,1-4H3,(H,33,34). The molecule has 0 aromatic carbocycles. The van der Waals surface area contributed by atoms with Gasteiger partial charge in [-0.3, -0.25) is 19.0 Å². The number of nitrogens with zero attached hydrogens (tertiary/aromatic N) is 4. The summed E-state index contributed by atoms with van der Waals surface area (Å²) in [6.45, 7) is 6.43. The number of carbonyl (C=O) groups is 3. The molecule has 4 aromatic heterocycles. The van der Waals surface area contributed by atoms with Gasteiger partial charge in [-0.05, 0) is 48.3 Å². The van der Waals surface area contributed by atoms with Crippen molar-refractivity contribution in [2.24, 2.45) is 5.41 Å². The van der Waals surface area contributed by atoms with E-state index in [-0.39, 0.29) is 22.9 Å². The number of carboxylic acids is 1. The predicted molar refractivity (Wildman–Crippen MR) is 149 cm³/mol. The molecule has 4 rings (SSSR count). The monoisotopic (exact) mass is 590 g/mol. The van der Waals surface area contributed by atoms with Gasteiger partial charge in [0.05, 0.1) is 21.5 Å². The fourth-order valence-corrected chi connectivity index (χ4v) is 6.32. The van der Waals surface area contributed by atoms with Gasteiger partial charge in [-0.15, -0.1) is 23.1 Å². The van der Waals surface area contributed by atoms with E-state index < -0.39 is 29.3 Å². The minimum atomic E-state index is -1.39. The molecule has 4 aromatic rings. The van der Waals surface area contributed by atoms with Crippen LogP contribution in [0.3, 0.4) is 0 Å². The Bertz CT molecular complexity index is 1600. The van der Waals surface area contributed by atoms with Crippen LogP contribution in [0.1, 0.15) is 56.2 Å². The molecule has 0 spiro atoms. The summed E-state index contributed by atoms with van der Waals surface area (Å²) >= 11 is 9.81. The largest absolute Gasteiger partial charge is 0.477 e. The highest BCUT2D eigenvalue weighted by Gasteiger charge is 2.30. The molecule has 0 saturated heterocycles. The fourth-order valence-electron chi connectivity index (χ4n) is 3.68. The zero-order valence-corrected chi connectivity index (χ0v) is 24.1. The Labute approximate surface area is 235 Å². The van der Waals surface area contributed by atoms with E-state index in [0.717, 1.165) is 21.0 Å². The third-order valence-electron chi connectivity index (χ3n) is 5.48. The van der Waals surface area contributed by atoms with Crippen LogP contribution in [0.2, 0.25) is 4.34 Å². The van der Waals surface area contributed by atoms with E-state index >= 15 is 0 Å². The maximum atomic E-state index is 13.3. The smallest absolute Gasteiger partial charge is 0.353 e. The summed E-state index contributed by atoms with van der Waals surface area (Å²) in [7, 11) is 0. The number of aromatic carboxylic acids is 1. The maximum absolute atomic E-state index is 13.3. The molecule has 4 heterocycles. The number of carbonyl (C=O) groups excluding carboxylic acids is 2. The maximum Gasteiger partial charge on any atom is 0.353 e. The molecule has 0 aliphatic heterocycles. The van der Waals surface area contributed by atoms with Crippen molar-refractivity contribution in [2.75, 3.05) is 0 Å². The number of pyridine rings is 1. The van der Waals surface area contributed by atoms with E-state index in [4.69, 9.17) is 11.6 Å². The van der Waals surface area contributed by atoms with E-state index in [0.29, 0.717) is 25.6 Å². The highest BCUT2D eigenvalue weighted by molar-refractivity contribution is 7.98. The first-order valence-electron chi connectivity index (χ1n) is 11.3. The van der Waals surface area contributed by atoms with Gasteiger partial charge in [0, 0.05) is 33.9 Å². The quantitative estimate of drug-likeness (QED) is 0.203. The van der Waals surface area contributed by atoms with E-state index in [1.165, 1.54) is 46.1 Å². The summed E-state index contributed by atoms with van der Waals surface area (Å²) in [5, 5.41) is 15.2. The molecule has 0 bridgehead atoms. The van der Waals surface area contributed by atoms with Crippen molar-refractivity contribution in [1.29, 1.82) is 0 Å². The number of carboxylic acid groups (broad SMARTS) is 1. The Morgan fingerprint density at radius 1 is 1.16 bits per heavy atom. The lowest BCUT2D eigenvalue weighted by molar-refractivity contribution is 0.0683. The summed E-state index contributed by atoms with van der Waals surface area (Å²) in [5.74, 6) is -1.59. The summed E-state index contributed by atoms with van der Waals surface area (Å²) < 4.78 is 6.75. The van der Waals surface area contributed by atoms with Crippen molar-refractivity contribution in [3.63, 3.8) is 0 Å². The Morgan fingerprint density at radius 3 is 2.47 bits per heavy atom. The Kier molecular flexibility index (Phi) is 8.07. The molecule has 0 aliphatic rings. The molecule has 38 heavy (non-hydrogen) atoms.